The van der Waals surface area contributed by atoms with Crippen LogP contribution in [-0.4, -0.2) is 33.1 Å². The largest absolute Gasteiger partial charge is 0.490 e. The lowest BCUT2D eigenvalue weighted by Crippen LogP contribution is -2.10. The molecule has 1 aromatic carbocycles. The fourth-order valence-corrected chi connectivity index (χ4v) is 3.28. The van der Waals surface area contributed by atoms with E-state index in [1.807, 2.05) is 0 Å². The Labute approximate surface area is 149 Å². The van der Waals surface area contributed by atoms with Crippen molar-refractivity contribution in [1.82, 2.24) is 14.9 Å². The SMILES string of the molecule is COc1ccc(/C=N\n2c(C3CCCCC3)n[nH]c2=S)cc1[N+](=O)[O-]. The molecule has 1 fully saturated rings. The van der Waals surface area contributed by atoms with E-state index in [4.69, 9.17) is 17.0 Å². The van der Waals surface area contributed by atoms with Crippen LogP contribution in [0.15, 0.2) is 23.3 Å². The van der Waals surface area contributed by atoms with Crippen LogP contribution in [0, 0.1) is 14.9 Å². The second-order valence-corrected chi connectivity index (χ2v) is 6.35. The van der Waals surface area contributed by atoms with Gasteiger partial charge in [0.15, 0.2) is 11.6 Å². The molecule has 9 heteroatoms. The molecule has 0 bridgehead atoms. The summed E-state index contributed by atoms with van der Waals surface area (Å²) in [5.41, 5.74) is 0.486. The number of aromatic nitrogens is 3. The summed E-state index contributed by atoms with van der Waals surface area (Å²) in [7, 11) is 1.40. The van der Waals surface area contributed by atoms with Crippen LogP contribution in [0.2, 0.25) is 0 Å². The molecule has 0 spiro atoms. The smallest absolute Gasteiger partial charge is 0.311 e. The molecule has 0 saturated heterocycles. The average molecular weight is 361 g/mol. The number of hydrogen-bond donors (Lipinski definition) is 1. The van der Waals surface area contributed by atoms with Gasteiger partial charge in [0.05, 0.1) is 18.2 Å². The molecule has 1 aliphatic rings. The maximum absolute atomic E-state index is 11.1. The van der Waals surface area contributed by atoms with E-state index in [0.717, 1.165) is 18.7 Å². The number of ether oxygens (including phenoxy) is 1. The third-order valence-electron chi connectivity index (χ3n) is 4.37. The van der Waals surface area contributed by atoms with Crippen LogP contribution in [0.3, 0.4) is 0 Å². The molecule has 25 heavy (non-hydrogen) atoms. The number of benzene rings is 1. The number of methoxy groups -OCH3 is 1. The number of nitro benzene ring substituents is 1. The van der Waals surface area contributed by atoms with E-state index in [2.05, 4.69) is 15.3 Å². The minimum atomic E-state index is -0.479. The molecule has 1 N–H and O–H groups in total. The predicted octanol–water partition coefficient (Wildman–Crippen LogP) is 3.79. The molecule has 1 aliphatic carbocycles. The van der Waals surface area contributed by atoms with Crippen molar-refractivity contribution in [2.45, 2.75) is 38.0 Å². The topological polar surface area (TPSA) is 98.3 Å². The summed E-state index contributed by atoms with van der Waals surface area (Å²) in [6.07, 6.45) is 7.30. The van der Waals surface area contributed by atoms with Gasteiger partial charge >= 0.3 is 5.69 Å². The van der Waals surface area contributed by atoms with Crippen LogP contribution < -0.4 is 4.74 Å². The Balaban J connectivity index is 1.90. The summed E-state index contributed by atoms with van der Waals surface area (Å²) in [5, 5.41) is 22.6. The first-order valence-corrected chi connectivity index (χ1v) is 8.55. The van der Waals surface area contributed by atoms with Crippen molar-refractivity contribution < 1.29 is 9.66 Å². The molecular weight excluding hydrogens is 342 g/mol. The Bertz CT molecular complexity index is 852. The highest BCUT2D eigenvalue weighted by atomic mass is 32.1. The van der Waals surface area contributed by atoms with Crippen molar-refractivity contribution in [2.24, 2.45) is 5.10 Å². The van der Waals surface area contributed by atoms with Crippen molar-refractivity contribution in [2.75, 3.05) is 7.11 Å². The summed E-state index contributed by atoms with van der Waals surface area (Å²) >= 11 is 5.27. The highest BCUT2D eigenvalue weighted by Crippen LogP contribution is 2.31. The highest BCUT2D eigenvalue weighted by molar-refractivity contribution is 7.71. The number of rotatable bonds is 5. The molecule has 8 nitrogen and oxygen atoms in total. The van der Waals surface area contributed by atoms with Crippen molar-refractivity contribution in [3.05, 3.63) is 44.5 Å². The first kappa shape index (κ1) is 17.3. The standard InChI is InChI=1S/C16H19N5O3S/c1-24-14-8-7-11(9-13(14)21(22)23)10-17-20-15(18-19-16(20)25)12-5-3-2-4-6-12/h7-10,12H,2-6H2,1H3,(H,19,25)/b17-10-. The summed E-state index contributed by atoms with van der Waals surface area (Å²) in [4.78, 5) is 10.6. The Morgan fingerprint density at radius 3 is 2.88 bits per heavy atom. The van der Waals surface area contributed by atoms with Gasteiger partial charge in [0.2, 0.25) is 4.77 Å². The first-order chi connectivity index (χ1) is 12.1. The quantitative estimate of drug-likeness (QED) is 0.378. The van der Waals surface area contributed by atoms with Gasteiger partial charge in [-0.1, -0.05) is 19.3 Å². The lowest BCUT2D eigenvalue weighted by Gasteiger charge is -2.19. The van der Waals surface area contributed by atoms with Gasteiger partial charge in [-0.05, 0) is 37.2 Å². The number of aromatic amines is 1. The maximum atomic E-state index is 11.1. The third-order valence-corrected chi connectivity index (χ3v) is 4.63. The zero-order chi connectivity index (χ0) is 17.8. The van der Waals surface area contributed by atoms with Crippen molar-refractivity contribution in [3.8, 4) is 5.75 Å². The van der Waals surface area contributed by atoms with Crippen molar-refractivity contribution in [3.63, 3.8) is 0 Å². The first-order valence-electron chi connectivity index (χ1n) is 8.14. The van der Waals surface area contributed by atoms with Crippen LogP contribution >= 0.6 is 12.2 Å². The fraction of sp³-hybridized carbons (Fsp3) is 0.438. The summed E-state index contributed by atoms with van der Waals surface area (Å²) in [6, 6.07) is 4.68. The maximum Gasteiger partial charge on any atom is 0.311 e. The molecule has 1 aromatic heterocycles. The second-order valence-electron chi connectivity index (χ2n) is 5.97. The Hall–Kier alpha value is -2.55. The number of nitrogens with zero attached hydrogens (tertiary/aromatic N) is 4. The van der Waals surface area contributed by atoms with Crippen LogP contribution in [-0.2, 0) is 0 Å². The lowest BCUT2D eigenvalue weighted by molar-refractivity contribution is -0.385. The molecular formula is C16H19N5O3S. The fourth-order valence-electron chi connectivity index (χ4n) is 3.09. The predicted molar refractivity (Wildman–Crippen MR) is 95.9 cm³/mol. The molecule has 3 rings (SSSR count). The third kappa shape index (κ3) is 3.76. The zero-order valence-electron chi connectivity index (χ0n) is 13.8. The molecule has 0 amide bonds. The highest BCUT2D eigenvalue weighted by Gasteiger charge is 2.21. The van der Waals surface area contributed by atoms with Gasteiger partial charge < -0.3 is 4.74 Å². The molecule has 0 radical (unpaired) electrons. The lowest BCUT2D eigenvalue weighted by atomic mass is 9.89. The monoisotopic (exact) mass is 361 g/mol. The molecule has 0 aliphatic heterocycles. The van der Waals surface area contributed by atoms with E-state index in [0.29, 0.717) is 16.3 Å². The van der Waals surface area contributed by atoms with Gasteiger partial charge in [0.1, 0.15) is 0 Å². The van der Waals surface area contributed by atoms with E-state index in [1.165, 1.54) is 32.4 Å². The van der Waals surface area contributed by atoms with E-state index >= 15 is 0 Å². The Kier molecular flexibility index (Phi) is 5.22. The molecule has 0 unspecified atom stereocenters. The Morgan fingerprint density at radius 2 is 2.20 bits per heavy atom. The average Bonchev–Trinajstić information content (AvgIpc) is 3.01. The molecule has 2 aromatic rings. The normalized spacial score (nSPS) is 15.6. The molecule has 1 saturated carbocycles. The van der Waals surface area contributed by atoms with Gasteiger partial charge in [0, 0.05) is 17.5 Å². The van der Waals surface area contributed by atoms with E-state index in [1.54, 1.807) is 23.0 Å². The van der Waals surface area contributed by atoms with Crippen molar-refractivity contribution in [1.29, 1.82) is 0 Å². The van der Waals surface area contributed by atoms with Crippen LogP contribution in [0.25, 0.3) is 0 Å². The molecule has 0 atom stereocenters. The number of H-pyrrole nitrogens is 1. The van der Waals surface area contributed by atoms with Gasteiger partial charge in [-0.15, -0.1) is 0 Å². The van der Waals surface area contributed by atoms with Gasteiger partial charge in [-0.25, -0.2) is 0 Å². The van der Waals surface area contributed by atoms with Gasteiger partial charge in [-0.3, -0.25) is 15.2 Å². The summed E-state index contributed by atoms with van der Waals surface area (Å²) in [5.74, 6) is 1.37. The van der Waals surface area contributed by atoms with E-state index < -0.39 is 4.92 Å². The molecule has 1 heterocycles. The van der Waals surface area contributed by atoms with Crippen LogP contribution in [0.5, 0.6) is 5.75 Å². The van der Waals surface area contributed by atoms with Crippen LogP contribution in [0.4, 0.5) is 5.69 Å². The van der Waals surface area contributed by atoms with Gasteiger partial charge in [0.25, 0.3) is 0 Å². The Morgan fingerprint density at radius 1 is 1.44 bits per heavy atom. The van der Waals surface area contributed by atoms with Crippen molar-refractivity contribution >= 4 is 24.1 Å². The number of nitro groups is 1. The zero-order valence-corrected chi connectivity index (χ0v) is 14.7. The summed E-state index contributed by atoms with van der Waals surface area (Å²) in [6.45, 7) is 0. The van der Waals surface area contributed by atoms with Crippen LogP contribution in [0.1, 0.15) is 49.4 Å². The number of hydrogen-bond acceptors (Lipinski definition) is 6. The van der Waals surface area contributed by atoms with E-state index in [-0.39, 0.29) is 11.4 Å². The number of nitrogens with one attached hydrogen (secondary N) is 1. The molecule has 132 valence electrons. The summed E-state index contributed by atoms with van der Waals surface area (Å²) < 4.78 is 7.04. The van der Waals surface area contributed by atoms with Gasteiger partial charge in [-0.2, -0.15) is 14.9 Å². The minimum absolute atomic E-state index is 0.102. The van der Waals surface area contributed by atoms with E-state index in [9.17, 15) is 10.1 Å². The minimum Gasteiger partial charge on any atom is -0.490 e. The second kappa shape index (κ2) is 7.56.